The van der Waals surface area contributed by atoms with Gasteiger partial charge in [0.05, 0.1) is 0 Å². The van der Waals surface area contributed by atoms with Crippen molar-refractivity contribution < 1.29 is 0 Å². The standard InChI is InChI=1S/C9H20N2/c1-3-8-5-4-6-9(8,7-10)11-2/h8,11H,3-7,10H2,1-2H3. The minimum absolute atomic E-state index is 0.273. The quantitative estimate of drug-likeness (QED) is 0.642. The minimum Gasteiger partial charge on any atom is -0.329 e. The Morgan fingerprint density at radius 2 is 2.36 bits per heavy atom. The molecule has 66 valence electrons. The Kier molecular flexibility index (Phi) is 2.90. The van der Waals surface area contributed by atoms with Gasteiger partial charge in [0, 0.05) is 12.1 Å². The number of nitrogens with two attached hydrogens (primary N) is 1. The van der Waals surface area contributed by atoms with Crippen molar-refractivity contribution in [2.75, 3.05) is 13.6 Å². The van der Waals surface area contributed by atoms with E-state index in [0.29, 0.717) is 0 Å². The molecule has 1 aliphatic carbocycles. The van der Waals surface area contributed by atoms with E-state index in [1.165, 1.54) is 25.7 Å². The molecular formula is C9H20N2. The van der Waals surface area contributed by atoms with Gasteiger partial charge in [0.1, 0.15) is 0 Å². The summed E-state index contributed by atoms with van der Waals surface area (Å²) in [5, 5.41) is 3.40. The zero-order valence-corrected chi connectivity index (χ0v) is 7.69. The lowest BCUT2D eigenvalue weighted by Gasteiger charge is -2.33. The van der Waals surface area contributed by atoms with Crippen molar-refractivity contribution in [1.82, 2.24) is 5.32 Å². The third-order valence-corrected chi connectivity index (χ3v) is 3.31. The van der Waals surface area contributed by atoms with E-state index in [4.69, 9.17) is 5.73 Å². The molecule has 1 aliphatic rings. The summed E-state index contributed by atoms with van der Waals surface area (Å²) in [6, 6.07) is 0. The lowest BCUT2D eigenvalue weighted by Crippen LogP contribution is -2.52. The van der Waals surface area contributed by atoms with E-state index in [0.717, 1.165) is 12.5 Å². The molecule has 0 aromatic carbocycles. The average molecular weight is 156 g/mol. The summed E-state index contributed by atoms with van der Waals surface area (Å²) in [6.07, 6.45) is 5.22. The maximum atomic E-state index is 5.78. The molecule has 1 saturated carbocycles. The molecule has 0 aliphatic heterocycles. The van der Waals surface area contributed by atoms with E-state index in [-0.39, 0.29) is 5.54 Å². The van der Waals surface area contributed by atoms with Gasteiger partial charge in [-0.2, -0.15) is 0 Å². The molecule has 0 aromatic heterocycles. The summed E-state index contributed by atoms with van der Waals surface area (Å²) in [5.41, 5.74) is 6.06. The van der Waals surface area contributed by atoms with E-state index in [2.05, 4.69) is 12.2 Å². The highest BCUT2D eigenvalue weighted by atomic mass is 15.0. The predicted molar refractivity (Wildman–Crippen MR) is 48.5 cm³/mol. The third-order valence-electron chi connectivity index (χ3n) is 3.31. The third kappa shape index (κ3) is 1.42. The smallest absolute Gasteiger partial charge is 0.0329 e. The molecule has 2 heteroatoms. The lowest BCUT2D eigenvalue weighted by atomic mass is 9.85. The van der Waals surface area contributed by atoms with Gasteiger partial charge in [0.15, 0.2) is 0 Å². The maximum Gasteiger partial charge on any atom is 0.0329 e. The van der Waals surface area contributed by atoms with Crippen molar-refractivity contribution >= 4 is 0 Å². The van der Waals surface area contributed by atoms with E-state index < -0.39 is 0 Å². The molecule has 2 unspecified atom stereocenters. The van der Waals surface area contributed by atoms with Gasteiger partial charge in [0.2, 0.25) is 0 Å². The second kappa shape index (κ2) is 3.55. The van der Waals surface area contributed by atoms with Crippen LogP contribution in [0, 0.1) is 5.92 Å². The zero-order chi connectivity index (χ0) is 8.32. The molecule has 1 fully saturated rings. The topological polar surface area (TPSA) is 38.0 Å². The largest absolute Gasteiger partial charge is 0.329 e. The molecule has 1 rings (SSSR count). The Morgan fingerprint density at radius 3 is 2.73 bits per heavy atom. The van der Waals surface area contributed by atoms with Crippen LogP contribution in [0.2, 0.25) is 0 Å². The normalized spacial score (nSPS) is 37.9. The van der Waals surface area contributed by atoms with Gasteiger partial charge < -0.3 is 11.1 Å². The number of hydrogen-bond donors (Lipinski definition) is 2. The van der Waals surface area contributed by atoms with Gasteiger partial charge >= 0.3 is 0 Å². The Bertz CT molecular complexity index is 119. The van der Waals surface area contributed by atoms with Gasteiger partial charge in [-0.15, -0.1) is 0 Å². The second-order valence-corrected chi connectivity index (χ2v) is 3.61. The Balaban J connectivity index is 2.63. The van der Waals surface area contributed by atoms with E-state index in [9.17, 15) is 0 Å². The van der Waals surface area contributed by atoms with Crippen molar-refractivity contribution in [2.24, 2.45) is 11.7 Å². The summed E-state index contributed by atoms with van der Waals surface area (Å²) >= 11 is 0. The molecule has 0 radical (unpaired) electrons. The lowest BCUT2D eigenvalue weighted by molar-refractivity contribution is 0.263. The summed E-state index contributed by atoms with van der Waals surface area (Å²) < 4.78 is 0. The van der Waals surface area contributed by atoms with Crippen LogP contribution >= 0.6 is 0 Å². The fourth-order valence-corrected chi connectivity index (χ4v) is 2.44. The first-order chi connectivity index (χ1) is 5.29. The second-order valence-electron chi connectivity index (χ2n) is 3.61. The molecule has 2 atom stereocenters. The van der Waals surface area contributed by atoms with Gasteiger partial charge in [-0.1, -0.05) is 19.8 Å². The molecule has 2 nitrogen and oxygen atoms in total. The van der Waals surface area contributed by atoms with Crippen LogP contribution in [0.25, 0.3) is 0 Å². The highest BCUT2D eigenvalue weighted by Crippen LogP contribution is 2.36. The summed E-state index contributed by atoms with van der Waals surface area (Å²) in [7, 11) is 2.04. The SMILES string of the molecule is CCC1CCCC1(CN)NC. The van der Waals surface area contributed by atoms with Crippen LogP contribution in [-0.4, -0.2) is 19.1 Å². The number of rotatable bonds is 3. The molecule has 0 bridgehead atoms. The molecule has 0 saturated heterocycles. The highest BCUT2D eigenvalue weighted by Gasteiger charge is 2.38. The summed E-state index contributed by atoms with van der Waals surface area (Å²) in [4.78, 5) is 0. The molecule has 11 heavy (non-hydrogen) atoms. The van der Waals surface area contributed by atoms with Gasteiger partial charge in [-0.3, -0.25) is 0 Å². The first-order valence-corrected chi connectivity index (χ1v) is 4.68. The molecule has 0 amide bonds. The fraction of sp³-hybridized carbons (Fsp3) is 1.00. The van der Waals surface area contributed by atoms with Crippen LogP contribution in [0.1, 0.15) is 32.6 Å². The number of hydrogen-bond acceptors (Lipinski definition) is 2. The number of likely N-dealkylation sites (N-methyl/N-ethyl adjacent to an activating group) is 1. The highest BCUT2D eigenvalue weighted by molar-refractivity contribution is 4.98. The van der Waals surface area contributed by atoms with Gasteiger partial charge in [-0.25, -0.2) is 0 Å². The molecule has 0 aromatic rings. The fourth-order valence-electron chi connectivity index (χ4n) is 2.44. The Labute approximate surface area is 69.5 Å². The Hall–Kier alpha value is -0.0800. The minimum atomic E-state index is 0.273. The van der Waals surface area contributed by atoms with E-state index in [1.807, 2.05) is 7.05 Å². The van der Waals surface area contributed by atoms with Gasteiger partial charge in [-0.05, 0) is 25.8 Å². The monoisotopic (exact) mass is 156 g/mol. The first kappa shape index (κ1) is 9.01. The van der Waals surface area contributed by atoms with Crippen molar-refractivity contribution in [3.63, 3.8) is 0 Å². The van der Waals surface area contributed by atoms with Crippen molar-refractivity contribution in [3.05, 3.63) is 0 Å². The van der Waals surface area contributed by atoms with Crippen LogP contribution in [0.4, 0.5) is 0 Å². The maximum absolute atomic E-state index is 5.78. The van der Waals surface area contributed by atoms with E-state index in [1.54, 1.807) is 0 Å². The van der Waals surface area contributed by atoms with Crippen LogP contribution < -0.4 is 11.1 Å². The van der Waals surface area contributed by atoms with Crippen LogP contribution in [0.3, 0.4) is 0 Å². The summed E-state index contributed by atoms with van der Waals surface area (Å²) in [6.45, 7) is 3.06. The average Bonchev–Trinajstić information content (AvgIpc) is 2.47. The summed E-state index contributed by atoms with van der Waals surface area (Å²) in [5.74, 6) is 0.803. The van der Waals surface area contributed by atoms with Crippen molar-refractivity contribution in [3.8, 4) is 0 Å². The van der Waals surface area contributed by atoms with E-state index >= 15 is 0 Å². The van der Waals surface area contributed by atoms with Gasteiger partial charge in [0.25, 0.3) is 0 Å². The molecule has 3 N–H and O–H groups in total. The van der Waals surface area contributed by atoms with Crippen LogP contribution in [-0.2, 0) is 0 Å². The van der Waals surface area contributed by atoms with Crippen LogP contribution in [0.15, 0.2) is 0 Å². The Morgan fingerprint density at radius 1 is 1.64 bits per heavy atom. The van der Waals surface area contributed by atoms with Crippen LogP contribution in [0.5, 0.6) is 0 Å². The zero-order valence-electron chi connectivity index (χ0n) is 7.69. The number of nitrogens with one attached hydrogen (secondary N) is 1. The molecule has 0 heterocycles. The van der Waals surface area contributed by atoms with Crippen molar-refractivity contribution in [2.45, 2.75) is 38.1 Å². The molecular weight excluding hydrogens is 136 g/mol. The predicted octanol–water partition coefficient (Wildman–Crippen LogP) is 1.11. The molecule has 0 spiro atoms. The van der Waals surface area contributed by atoms with Crippen molar-refractivity contribution in [1.29, 1.82) is 0 Å². The first-order valence-electron chi connectivity index (χ1n) is 4.68.